The lowest BCUT2D eigenvalue weighted by molar-refractivity contribution is -0.383. The van der Waals surface area contributed by atoms with Crippen molar-refractivity contribution >= 4 is 45.6 Å². The molecule has 8 heteroatoms. The summed E-state index contributed by atoms with van der Waals surface area (Å²) in [6.07, 6.45) is 2.83. The first kappa shape index (κ1) is 15.2. The van der Waals surface area contributed by atoms with Crippen molar-refractivity contribution in [2.24, 2.45) is 0 Å². The van der Waals surface area contributed by atoms with Crippen LogP contribution in [0, 0.1) is 10.1 Å². The third kappa shape index (κ3) is 2.10. The Morgan fingerprint density at radius 2 is 1.68 bits per heavy atom. The Morgan fingerprint density at radius 3 is 2.28 bits per heavy atom. The second-order valence-electron chi connectivity index (χ2n) is 5.40. The van der Waals surface area contributed by atoms with Gasteiger partial charge in [0.05, 0.1) is 21.1 Å². The van der Waals surface area contributed by atoms with Gasteiger partial charge in [-0.25, -0.2) is 4.90 Å². The predicted octanol–water partition coefficient (Wildman–Crippen LogP) is 3.60. The standard InChI is InChI=1S/C17H8ClN3O4/c18-13-7-14(21(24)25)15(12-8-19-6-5-9(12)13)20-16(22)10-3-1-2-4-11(10)17(20)23/h1-8H. The molecule has 0 saturated heterocycles. The highest BCUT2D eigenvalue weighted by Gasteiger charge is 2.40. The van der Waals surface area contributed by atoms with E-state index >= 15 is 0 Å². The van der Waals surface area contributed by atoms with Crippen LogP contribution in [0.5, 0.6) is 0 Å². The third-order valence-corrected chi connectivity index (χ3v) is 4.37. The van der Waals surface area contributed by atoms with Gasteiger partial charge in [0, 0.05) is 29.2 Å². The topological polar surface area (TPSA) is 93.4 Å². The lowest BCUT2D eigenvalue weighted by Gasteiger charge is -2.17. The summed E-state index contributed by atoms with van der Waals surface area (Å²) in [6.45, 7) is 0. The summed E-state index contributed by atoms with van der Waals surface area (Å²) in [5.74, 6) is -1.23. The van der Waals surface area contributed by atoms with Gasteiger partial charge in [-0.3, -0.25) is 24.7 Å². The molecule has 1 aromatic heterocycles. The predicted molar refractivity (Wildman–Crippen MR) is 91.0 cm³/mol. The first-order chi connectivity index (χ1) is 12.0. The van der Waals surface area contributed by atoms with Gasteiger partial charge in [-0.15, -0.1) is 0 Å². The van der Waals surface area contributed by atoms with Crippen molar-refractivity contribution in [3.8, 4) is 0 Å². The fourth-order valence-corrected chi connectivity index (χ4v) is 3.23. The normalized spacial score (nSPS) is 13.4. The lowest BCUT2D eigenvalue weighted by Crippen LogP contribution is -2.30. The number of carbonyl (C=O) groups excluding carboxylic acids is 2. The molecule has 0 bridgehead atoms. The number of aromatic nitrogens is 1. The summed E-state index contributed by atoms with van der Waals surface area (Å²) in [6, 6.07) is 8.99. The van der Waals surface area contributed by atoms with Crippen molar-refractivity contribution in [1.29, 1.82) is 0 Å². The number of nitrogens with zero attached hydrogens (tertiary/aromatic N) is 3. The number of carbonyl (C=O) groups is 2. The summed E-state index contributed by atoms with van der Waals surface area (Å²) < 4.78 is 0. The molecule has 122 valence electrons. The number of nitro benzene ring substituents is 1. The average Bonchev–Trinajstić information content (AvgIpc) is 2.87. The number of fused-ring (bicyclic) bond motifs is 2. The van der Waals surface area contributed by atoms with Gasteiger partial charge in [0.15, 0.2) is 0 Å². The minimum atomic E-state index is -0.669. The molecule has 4 rings (SSSR count). The molecule has 2 amide bonds. The average molecular weight is 354 g/mol. The van der Waals surface area contributed by atoms with Crippen molar-refractivity contribution in [1.82, 2.24) is 4.98 Å². The SMILES string of the molecule is O=C1c2ccccc2C(=O)N1c1c([N+](=O)[O-])cc(Cl)c2ccncc12. The zero-order chi connectivity index (χ0) is 17.7. The van der Waals surface area contributed by atoms with E-state index in [0.717, 1.165) is 11.0 Å². The van der Waals surface area contributed by atoms with Crippen LogP contribution in [0.25, 0.3) is 10.8 Å². The molecular weight excluding hydrogens is 346 g/mol. The Kier molecular flexibility index (Phi) is 3.26. The maximum Gasteiger partial charge on any atom is 0.295 e. The van der Waals surface area contributed by atoms with Crippen LogP contribution in [0.15, 0.2) is 48.8 Å². The zero-order valence-corrected chi connectivity index (χ0v) is 13.2. The fraction of sp³-hybridized carbons (Fsp3) is 0. The van der Waals surface area contributed by atoms with Gasteiger partial charge >= 0.3 is 0 Å². The summed E-state index contributed by atoms with van der Waals surface area (Å²) in [5.41, 5.74) is -0.147. The summed E-state index contributed by atoms with van der Waals surface area (Å²) in [5, 5.41) is 12.4. The molecule has 2 aromatic carbocycles. The lowest BCUT2D eigenvalue weighted by atomic mass is 10.1. The van der Waals surface area contributed by atoms with Gasteiger partial charge in [-0.1, -0.05) is 23.7 Å². The van der Waals surface area contributed by atoms with E-state index < -0.39 is 22.4 Å². The Hall–Kier alpha value is -3.32. The monoisotopic (exact) mass is 353 g/mol. The maximum absolute atomic E-state index is 12.7. The van der Waals surface area contributed by atoms with Crippen LogP contribution >= 0.6 is 11.6 Å². The Balaban J connectivity index is 2.07. The van der Waals surface area contributed by atoms with E-state index in [4.69, 9.17) is 11.6 Å². The molecule has 2 heterocycles. The molecule has 0 spiro atoms. The van der Waals surface area contributed by atoms with E-state index in [1.165, 1.54) is 24.5 Å². The third-order valence-electron chi connectivity index (χ3n) is 4.05. The van der Waals surface area contributed by atoms with E-state index in [1.807, 2.05) is 0 Å². The highest BCUT2D eigenvalue weighted by Crippen LogP contribution is 2.42. The molecule has 0 atom stereocenters. The molecule has 3 aromatic rings. The number of rotatable bonds is 2. The molecule has 0 radical (unpaired) electrons. The minimum Gasteiger partial charge on any atom is -0.268 e. The number of hydrogen-bond acceptors (Lipinski definition) is 5. The van der Waals surface area contributed by atoms with Crippen molar-refractivity contribution in [2.45, 2.75) is 0 Å². The van der Waals surface area contributed by atoms with Crippen molar-refractivity contribution < 1.29 is 14.5 Å². The second kappa shape index (κ2) is 5.35. The van der Waals surface area contributed by atoms with Gasteiger partial charge in [0.1, 0.15) is 5.69 Å². The first-order valence-electron chi connectivity index (χ1n) is 7.19. The summed E-state index contributed by atoms with van der Waals surface area (Å²) >= 11 is 6.13. The number of benzene rings is 2. The molecule has 7 nitrogen and oxygen atoms in total. The molecule has 0 N–H and O–H groups in total. The van der Waals surface area contributed by atoms with E-state index in [-0.39, 0.29) is 27.2 Å². The number of imide groups is 1. The Morgan fingerprint density at radius 1 is 1.04 bits per heavy atom. The van der Waals surface area contributed by atoms with Gasteiger partial charge in [0.25, 0.3) is 17.5 Å². The summed E-state index contributed by atoms with van der Waals surface area (Å²) in [4.78, 5) is 41.1. The van der Waals surface area contributed by atoms with Gasteiger partial charge < -0.3 is 0 Å². The quantitative estimate of drug-likeness (QED) is 0.398. The van der Waals surface area contributed by atoms with Gasteiger partial charge in [0.2, 0.25) is 0 Å². The number of nitro groups is 1. The van der Waals surface area contributed by atoms with E-state index in [1.54, 1.807) is 18.2 Å². The molecule has 1 aliphatic rings. The zero-order valence-electron chi connectivity index (χ0n) is 12.5. The Labute approximate surface area is 145 Å². The van der Waals surface area contributed by atoms with Gasteiger partial charge in [-0.05, 0) is 18.2 Å². The molecule has 0 fully saturated rings. The summed E-state index contributed by atoms with van der Waals surface area (Å²) in [7, 11) is 0. The highest BCUT2D eigenvalue weighted by atomic mass is 35.5. The van der Waals surface area contributed by atoms with Crippen LogP contribution in [-0.4, -0.2) is 21.7 Å². The fourth-order valence-electron chi connectivity index (χ4n) is 2.96. The Bertz CT molecular complexity index is 1060. The van der Waals surface area contributed by atoms with Crippen LogP contribution in [0.3, 0.4) is 0 Å². The van der Waals surface area contributed by atoms with Crippen LogP contribution < -0.4 is 4.90 Å². The number of hydrogen-bond donors (Lipinski definition) is 0. The van der Waals surface area contributed by atoms with Crippen LogP contribution in [-0.2, 0) is 0 Å². The first-order valence-corrected chi connectivity index (χ1v) is 7.57. The molecule has 0 saturated carbocycles. The van der Waals surface area contributed by atoms with Crippen LogP contribution in [0.1, 0.15) is 20.7 Å². The van der Waals surface area contributed by atoms with Crippen LogP contribution in [0.4, 0.5) is 11.4 Å². The molecule has 25 heavy (non-hydrogen) atoms. The number of anilines is 1. The largest absolute Gasteiger partial charge is 0.295 e. The van der Waals surface area contributed by atoms with Crippen LogP contribution in [0.2, 0.25) is 5.02 Å². The van der Waals surface area contributed by atoms with E-state index in [9.17, 15) is 19.7 Å². The maximum atomic E-state index is 12.7. The number of amides is 2. The van der Waals surface area contributed by atoms with E-state index in [2.05, 4.69) is 4.98 Å². The van der Waals surface area contributed by atoms with E-state index in [0.29, 0.717) is 5.39 Å². The van der Waals surface area contributed by atoms with Crippen molar-refractivity contribution in [2.75, 3.05) is 4.90 Å². The highest BCUT2D eigenvalue weighted by molar-refractivity contribution is 6.40. The molecular formula is C17H8ClN3O4. The van der Waals surface area contributed by atoms with Gasteiger partial charge in [-0.2, -0.15) is 0 Å². The smallest absolute Gasteiger partial charge is 0.268 e. The number of pyridine rings is 1. The number of halogens is 1. The minimum absolute atomic E-state index is 0.122. The second-order valence-corrected chi connectivity index (χ2v) is 5.80. The molecule has 0 unspecified atom stereocenters. The van der Waals surface area contributed by atoms with Crippen molar-refractivity contribution in [3.63, 3.8) is 0 Å². The molecule has 1 aliphatic heterocycles. The molecule has 0 aliphatic carbocycles. The van der Waals surface area contributed by atoms with Crippen molar-refractivity contribution in [3.05, 3.63) is 75.1 Å².